The third kappa shape index (κ3) is 3.44. The van der Waals surface area contributed by atoms with Crippen molar-refractivity contribution < 1.29 is 9.47 Å². The topological polar surface area (TPSA) is 94.1 Å². The Hall–Kier alpha value is -2.63. The molecule has 6 nitrogen and oxygen atoms in total. The minimum atomic E-state index is -0.113. The lowest BCUT2D eigenvalue weighted by Gasteiger charge is -2.09. The summed E-state index contributed by atoms with van der Waals surface area (Å²) in [7, 11) is 0. The van der Waals surface area contributed by atoms with Crippen LogP contribution in [0.4, 0.5) is 0 Å². The van der Waals surface area contributed by atoms with Crippen LogP contribution < -0.4 is 15.2 Å². The van der Waals surface area contributed by atoms with E-state index in [1.165, 1.54) is 6.20 Å². The second kappa shape index (κ2) is 6.51. The molecule has 2 aromatic rings. The zero-order chi connectivity index (χ0) is 14.4. The minimum Gasteiger partial charge on any atom is -0.494 e. The van der Waals surface area contributed by atoms with Gasteiger partial charge in [-0.2, -0.15) is 5.10 Å². The lowest BCUT2D eigenvalue weighted by atomic mass is 10.2. The Morgan fingerprint density at radius 1 is 1.20 bits per heavy atom. The fraction of sp³-hybridized carbons (Fsp3) is 0.214. The molecule has 0 aliphatic carbocycles. The Morgan fingerprint density at radius 2 is 1.90 bits per heavy atom. The highest BCUT2D eigenvalue weighted by atomic mass is 16.5. The van der Waals surface area contributed by atoms with E-state index in [1.807, 2.05) is 12.1 Å². The number of nitrogens with two attached hydrogens (primary N) is 1. The zero-order valence-corrected chi connectivity index (χ0v) is 11.2. The molecular formula is C14H16N4O2. The highest BCUT2D eigenvalue weighted by molar-refractivity contribution is 5.96. The molecule has 3 N–H and O–H groups in total. The largest absolute Gasteiger partial charge is 0.494 e. The molecule has 0 fully saturated rings. The van der Waals surface area contributed by atoms with Crippen LogP contribution in [0.3, 0.4) is 0 Å². The molecule has 0 atom stereocenters. The Bertz CT molecular complexity index is 584. The molecule has 0 amide bonds. The Balaban J connectivity index is 2.12. The summed E-state index contributed by atoms with van der Waals surface area (Å²) in [6.07, 6.45) is 2.42. The summed E-state index contributed by atoms with van der Waals surface area (Å²) in [6, 6.07) is 8.75. The fourth-order valence-electron chi connectivity index (χ4n) is 1.53. The molecular weight excluding hydrogens is 256 g/mol. The van der Waals surface area contributed by atoms with Gasteiger partial charge >= 0.3 is 0 Å². The van der Waals surface area contributed by atoms with Crippen LogP contribution in [0.15, 0.2) is 36.5 Å². The molecule has 0 saturated carbocycles. The number of nitrogens with one attached hydrogen (secondary N) is 1. The standard InChI is InChI=1S/C14H16N4O2/c1-2-9-19-10-3-5-11(6-4-10)20-14-12(13(15)16)7-8-17-18-14/h3-8H,2,9H2,1H3,(H3,15,16). The van der Waals surface area contributed by atoms with Gasteiger partial charge in [0.15, 0.2) is 0 Å². The van der Waals surface area contributed by atoms with Crippen molar-refractivity contribution in [3.05, 3.63) is 42.1 Å². The molecule has 104 valence electrons. The minimum absolute atomic E-state index is 0.113. The van der Waals surface area contributed by atoms with Gasteiger partial charge in [0, 0.05) is 0 Å². The third-order valence-corrected chi connectivity index (χ3v) is 2.49. The summed E-state index contributed by atoms with van der Waals surface area (Å²) < 4.78 is 11.1. The summed E-state index contributed by atoms with van der Waals surface area (Å²) in [5.41, 5.74) is 5.87. The van der Waals surface area contributed by atoms with E-state index in [-0.39, 0.29) is 11.7 Å². The maximum atomic E-state index is 7.46. The van der Waals surface area contributed by atoms with E-state index in [9.17, 15) is 0 Å². The molecule has 0 aliphatic heterocycles. The molecule has 1 aromatic heterocycles. The highest BCUT2D eigenvalue weighted by Crippen LogP contribution is 2.24. The maximum Gasteiger partial charge on any atom is 0.249 e. The van der Waals surface area contributed by atoms with Gasteiger partial charge in [-0.1, -0.05) is 6.92 Å². The number of hydrogen-bond donors (Lipinski definition) is 2. The molecule has 0 bridgehead atoms. The second-order valence-electron chi connectivity index (χ2n) is 4.09. The van der Waals surface area contributed by atoms with Crippen molar-refractivity contribution >= 4 is 5.84 Å². The molecule has 1 heterocycles. The predicted octanol–water partition coefficient (Wildman–Crippen LogP) is 2.34. The summed E-state index contributed by atoms with van der Waals surface area (Å²) in [5.74, 6) is 1.46. The smallest absolute Gasteiger partial charge is 0.249 e. The number of hydrogen-bond acceptors (Lipinski definition) is 5. The van der Waals surface area contributed by atoms with Crippen molar-refractivity contribution in [2.75, 3.05) is 6.61 Å². The van der Waals surface area contributed by atoms with Gasteiger partial charge in [0.25, 0.3) is 0 Å². The highest BCUT2D eigenvalue weighted by Gasteiger charge is 2.09. The first-order valence-corrected chi connectivity index (χ1v) is 6.27. The van der Waals surface area contributed by atoms with Crippen LogP contribution in [0.5, 0.6) is 17.4 Å². The normalized spacial score (nSPS) is 10.1. The first kappa shape index (κ1) is 13.8. The first-order chi connectivity index (χ1) is 9.70. The fourth-order valence-corrected chi connectivity index (χ4v) is 1.53. The van der Waals surface area contributed by atoms with Gasteiger partial charge in [0.2, 0.25) is 5.88 Å². The van der Waals surface area contributed by atoms with Crippen molar-refractivity contribution in [3.8, 4) is 17.4 Å². The molecule has 0 unspecified atom stereocenters. The number of benzene rings is 1. The van der Waals surface area contributed by atoms with Crippen molar-refractivity contribution in [1.29, 1.82) is 5.41 Å². The predicted molar refractivity (Wildman–Crippen MR) is 75.4 cm³/mol. The quantitative estimate of drug-likeness (QED) is 0.621. The SMILES string of the molecule is CCCOc1ccc(Oc2nnccc2C(=N)N)cc1. The summed E-state index contributed by atoms with van der Waals surface area (Å²) in [4.78, 5) is 0. The summed E-state index contributed by atoms with van der Waals surface area (Å²) >= 11 is 0. The van der Waals surface area contributed by atoms with Crippen LogP contribution in [-0.2, 0) is 0 Å². The van der Waals surface area contributed by atoms with E-state index >= 15 is 0 Å². The zero-order valence-electron chi connectivity index (χ0n) is 11.2. The van der Waals surface area contributed by atoms with Gasteiger partial charge in [0.05, 0.1) is 18.4 Å². The van der Waals surface area contributed by atoms with Crippen LogP contribution in [0.1, 0.15) is 18.9 Å². The maximum absolute atomic E-state index is 7.46. The van der Waals surface area contributed by atoms with Crippen LogP contribution in [-0.4, -0.2) is 22.6 Å². The molecule has 0 aliphatic rings. The van der Waals surface area contributed by atoms with E-state index < -0.39 is 0 Å². The third-order valence-electron chi connectivity index (χ3n) is 2.49. The summed E-state index contributed by atoms with van der Waals surface area (Å²) in [6.45, 7) is 2.73. The Kier molecular flexibility index (Phi) is 4.49. The number of ether oxygens (including phenoxy) is 2. The Morgan fingerprint density at radius 3 is 2.55 bits per heavy atom. The van der Waals surface area contributed by atoms with Crippen LogP contribution in [0.25, 0.3) is 0 Å². The van der Waals surface area contributed by atoms with E-state index in [4.69, 9.17) is 20.6 Å². The average molecular weight is 272 g/mol. The van der Waals surface area contributed by atoms with Crippen molar-refractivity contribution in [3.63, 3.8) is 0 Å². The van der Waals surface area contributed by atoms with E-state index in [0.717, 1.165) is 12.2 Å². The lowest BCUT2D eigenvalue weighted by molar-refractivity contribution is 0.317. The van der Waals surface area contributed by atoms with Crippen LogP contribution in [0, 0.1) is 5.41 Å². The lowest BCUT2D eigenvalue weighted by Crippen LogP contribution is -2.13. The molecule has 6 heteroatoms. The van der Waals surface area contributed by atoms with Gasteiger partial charge in [0.1, 0.15) is 17.3 Å². The molecule has 0 saturated heterocycles. The summed E-state index contributed by atoms with van der Waals surface area (Å²) in [5, 5.41) is 15.0. The molecule has 20 heavy (non-hydrogen) atoms. The monoisotopic (exact) mass is 272 g/mol. The van der Waals surface area contributed by atoms with E-state index in [1.54, 1.807) is 18.2 Å². The number of amidine groups is 1. The second-order valence-corrected chi connectivity index (χ2v) is 4.09. The van der Waals surface area contributed by atoms with Crippen molar-refractivity contribution in [2.45, 2.75) is 13.3 Å². The van der Waals surface area contributed by atoms with Crippen molar-refractivity contribution in [2.24, 2.45) is 5.73 Å². The molecule has 0 radical (unpaired) electrons. The van der Waals surface area contributed by atoms with Gasteiger partial charge < -0.3 is 15.2 Å². The number of nitrogens with zero attached hydrogens (tertiary/aromatic N) is 2. The average Bonchev–Trinajstić information content (AvgIpc) is 2.47. The molecule has 2 rings (SSSR count). The van der Waals surface area contributed by atoms with Gasteiger partial charge in [-0.25, -0.2) is 0 Å². The first-order valence-electron chi connectivity index (χ1n) is 6.27. The van der Waals surface area contributed by atoms with Gasteiger partial charge in [-0.05, 0) is 36.8 Å². The van der Waals surface area contributed by atoms with Crippen molar-refractivity contribution in [1.82, 2.24) is 10.2 Å². The van der Waals surface area contributed by atoms with E-state index in [0.29, 0.717) is 17.9 Å². The van der Waals surface area contributed by atoms with Gasteiger partial charge in [-0.15, -0.1) is 5.10 Å². The number of aromatic nitrogens is 2. The number of nitrogen functional groups attached to an aromatic ring is 1. The molecule has 0 spiro atoms. The molecule has 1 aromatic carbocycles. The van der Waals surface area contributed by atoms with E-state index in [2.05, 4.69) is 17.1 Å². The van der Waals surface area contributed by atoms with Gasteiger partial charge in [-0.3, -0.25) is 5.41 Å². The Labute approximate surface area is 117 Å². The van der Waals surface area contributed by atoms with Crippen LogP contribution in [0.2, 0.25) is 0 Å². The number of rotatable bonds is 6. The van der Waals surface area contributed by atoms with Crippen LogP contribution >= 0.6 is 0 Å².